The van der Waals surface area contributed by atoms with Crippen LogP contribution in [0.2, 0.25) is 0 Å². The average Bonchev–Trinajstić information content (AvgIpc) is 3.07. The Balaban J connectivity index is 1.69. The topological polar surface area (TPSA) is 65.7 Å². The van der Waals surface area contributed by atoms with Crippen molar-refractivity contribution in [1.29, 1.82) is 0 Å². The van der Waals surface area contributed by atoms with Crippen LogP contribution in [0.5, 0.6) is 5.75 Å². The number of carbonyl (C=O) groups is 2. The summed E-state index contributed by atoms with van der Waals surface area (Å²) in [5.74, 6) is 0.309. The van der Waals surface area contributed by atoms with E-state index < -0.39 is 5.97 Å². The van der Waals surface area contributed by atoms with Gasteiger partial charge in [-0.3, -0.25) is 4.79 Å². The second-order valence-corrected chi connectivity index (χ2v) is 6.85. The lowest BCUT2D eigenvalue weighted by molar-refractivity contribution is 0.0445. The number of benzene rings is 2. The van der Waals surface area contributed by atoms with E-state index in [1.165, 1.54) is 5.56 Å². The van der Waals surface area contributed by atoms with Gasteiger partial charge < -0.3 is 13.9 Å². The molecule has 0 bridgehead atoms. The van der Waals surface area contributed by atoms with Crippen LogP contribution in [0.3, 0.4) is 0 Å². The molecule has 2 aromatic carbocycles. The van der Waals surface area contributed by atoms with E-state index in [0.717, 1.165) is 11.8 Å². The molecule has 0 aliphatic carbocycles. The van der Waals surface area contributed by atoms with Gasteiger partial charge >= 0.3 is 5.97 Å². The number of aryl methyl sites for hydroxylation is 1. The number of hydrogen-bond donors (Lipinski definition) is 0. The molecular formula is C23H24O5. The van der Waals surface area contributed by atoms with Crippen LogP contribution in [0.25, 0.3) is 11.0 Å². The lowest BCUT2D eigenvalue weighted by Crippen LogP contribution is -2.14. The molecule has 0 N–H and O–H groups in total. The van der Waals surface area contributed by atoms with Crippen LogP contribution in [-0.2, 0) is 4.74 Å². The smallest absolute Gasteiger partial charge is 0.375 e. The van der Waals surface area contributed by atoms with E-state index in [1.807, 2.05) is 12.1 Å². The van der Waals surface area contributed by atoms with Crippen LogP contribution in [0.4, 0.5) is 0 Å². The first-order chi connectivity index (χ1) is 13.4. The van der Waals surface area contributed by atoms with Crippen molar-refractivity contribution in [2.24, 2.45) is 0 Å². The fourth-order valence-electron chi connectivity index (χ4n) is 3.03. The molecule has 3 rings (SSSR count). The third kappa shape index (κ3) is 3.93. The Hall–Kier alpha value is -3.08. The van der Waals surface area contributed by atoms with Crippen molar-refractivity contribution in [2.45, 2.75) is 33.1 Å². The summed E-state index contributed by atoms with van der Waals surface area (Å²) in [5.41, 5.74) is 2.93. The summed E-state index contributed by atoms with van der Waals surface area (Å²) in [6.45, 7) is 5.71. The maximum atomic E-state index is 12.4. The number of fused-ring (bicyclic) bond motifs is 1. The van der Waals surface area contributed by atoms with Crippen molar-refractivity contribution < 1.29 is 23.5 Å². The Kier molecular flexibility index (Phi) is 5.83. The predicted molar refractivity (Wildman–Crippen MR) is 107 cm³/mol. The predicted octanol–water partition coefficient (Wildman–Crippen LogP) is 5.30. The molecule has 0 saturated carbocycles. The summed E-state index contributed by atoms with van der Waals surface area (Å²) in [5, 5.41) is 0.776. The average molecular weight is 380 g/mol. The molecule has 0 fully saturated rings. The second-order valence-electron chi connectivity index (χ2n) is 6.85. The highest BCUT2D eigenvalue weighted by molar-refractivity contribution is 6.00. The molecule has 0 saturated heterocycles. The minimum Gasteiger partial charge on any atom is -0.497 e. The van der Waals surface area contributed by atoms with Gasteiger partial charge in [0.05, 0.1) is 7.11 Å². The standard InChI is InChI=1S/C23H24O5/c1-5-14(2)16-6-8-17(9-7-16)20(24)13-27-23(25)22-15(3)19-12-18(26-4)10-11-21(19)28-22/h6-12,14H,5,13H2,1-4H3/t14-/m0/s1. The van der Waals surface area contributed by atoms with Gasteiger partial charge in [-0.1, -0.05) is 38.1 Å². The molecule has 0 radical (unpaired) electrons. The van der Waals surface area contributed by atoms with E-state index in [0.29, 0.717) is 28.4 Å². The van der Waals surface area contributed by atoms with E-state index in [2.05, 4.69) is 13.8 Å². The second kappa shape index (κ2) is 8.30. The van der Waals surface area contributed by atoms with Crippen molar-refractivity contribution >= 4 is 22.7 Å². The molecule has 5 heteroatoms. The summed E-state index contributed by atoms with van der Waals surface area (Å²) in [4.78, 5) is 24.8. The Morgan fingerprint density at radius 3 is 2.46 bits per heavy atom. The molecule has 1 heterocycles. The normalized spacial score (nSPS) is 12.0. The zero-order valence-electron chi connectivity index (χ0n) is 16.6. The zero-order valence-corrected chi connectivity index (χ0v) is 16.6. The van der Waals surface area contributed by atoms with Crippen molar-refractivity contribution in [3.05, 3.63) is 64.9 Å². The van der Waals surface area contributed by atoms with Gasteiger partial charge in [0.2, 0.25) is 5.76 Å². The first kappa shape index (κ1) is 19.7. The van der Waals surface area contributed by atoms with Crippen molar-refractivity contribution in [3.63, 3.8) is 0 Å². The number of ketones is 1. The molecule has 0 spiro atoms. The molecule has 28 heavy (non-hydrogen) atoms. The Labute approximate surface area is 164 Å². The van der Waals surface area contributed by atoms with Gasteiger partial charge in [-0.25, -0.2) is 4.79 Å². The minimum atomic E-state index is -0.655. The summed E-state index contributed by atoms with van der Waals surface area (Å²) >= 11 is 0. The van der Waals surface area contributed by atoms with Gasteiger partial charge in [-0.2, -0.15) is 0 Å². The number of hydrogen-bond acceptors (Lipinski definition) is 5. The van der Waals surface area contributed by atoms with Gasteiger partial charge in [0.25, 0.3) is 0 Å². The number of methoxy groups -OCH3 is 1. The van der Waals surface area contributed by atoms with E-state index in [1.54, 1.807) is 44.4 Å². The van der Waals surface area contributed by atoms with Crippen molar-refractivity contribution in [3.8, 4) is 5.75 Å². The Bertz CT molecular complexity index is 998. The summed E-state index contributed by atoms with van der Waals surface area (Å²) < 4.78 is 16.0. The van der Waals surface area contributed by atoms with Gasteiger partial charge in [0.15, 0.2) is 12.4 Å². The number of ether oxygens (including phenoxy) is 2. The maximum Gasteiger partial charge on any atom is 0.375 e. The van der Waals surface area contributed by atoms with Gasteiger partial charge in [0, 0.05) is 16.5 Å². The Morgan fingerprint density at radius 1 is 1.11 bits per heavy atom. The van der Waals surface area contributed by atoms with Gasteiger partial charge in [0.1, 0.15) is 11.3 Å². The largest absolute Gasteiger partial charge is 0.497 e. The first-order valence-corrected chi connectivity index (χ1v) is 9.32. The Morgan fingerprint density at radius 2 is 1.82 bits per heavy atom. The van der Waals surface area contributed by atoms with Crippen LogP contribution < -0.4 is 4.74 Å². The van der Waals surface area contributed by atoms with E-state index in [9.17, 15) is 9.59 Å². The quantitative estimate of drug-likeness (QED) is 0.411. The van der Waals surface area contributed by atoms with Crippen LogP contribution in [0, 0.1) is 6.92 Å². The van der Waals surface area contributed by atoms with Gasteiger partial charge in [-0.05, 0) is 43.0 Å². The number of carbonyl (C=O) groups excluding carboxylic acids is 2. The summed E-state index contributed by atoms with van der Waals surface area (Å²) in [6, 6.07) is 12.7. The van der Waals surface area contributed by atoms with Crippen LogP contribution in [-0.4, -0.2) is 25.5 Å². The monoisotopic (exact) mass is 380 g/mol. The lowest BCUT2D eigenvalue weighted by Gasteiger charge is -2.09. The third-order valence-corrected chi connectivity index (χ3v) is 5.08. The molecule has 1 aromatic heterocycles. The molecule has 0 aliphatic heterocycles. The van der Waals surface area contributed by atoms with E-state index in [-0.39, 0.29) is 18.2 Å². The van der Waals surface area contributed by atoms with Crippen molar-refractivity contribution in [1.82, 2.24) is 0 Å². The highest BCUT2D eigenvalue weighted by Gasteiger charge is 2.21. The molecule has 3 aromatic rings. The van der Waals surface area contributed by atoms with Crippen LogP contribution in [0.1, 0.15) is 58.2 Å². The zero-order chi connectivity index (χ0) is 20.3. The first-order valence-electron chi connectivity index (χ1n) is 9.32. The van der Waals surface area contributed by atoms with E-state index in [4.69, 9.17) is 13.9 Å². The minimum absolute atomic E-state index is 0.100. The number of Topliss-reactive ketones (excluding diaryl/α,β-unsaturated/α-hetero) is 1. The van der Waals surface area contributed by atoms with Gasteiger partial charge in [-0.15, -0.1) is 0 Å². The van der Waals surface area contributed by atoms with E-state index >= 15 is 0 Å². The molecule has 1 atom stereocenters. The third-order valence-electron chi connectivity index (χ3n) is 5.08. The SMILES string of the molecule is CC[C@H](C)c1ccc(C(=O)COC(=O)c2oc3ccc(OC)cc3c2C)cc1. The lowest BCUT2D eigenvalue weighted by atomic mass is 9.97. The fourth-order valence-corrected chi connectivity index (χ4v) is 3.03. The maximum absolute atomic E-state index is 12.4. The number of rotatable bonds is 7. The summed E-state index contributed by atoms with van der Waals surface area (Å²) in [6.07, 6.45) is 1.04. The molecule has 0 amide bonds. The fraction of sp³-hybridized carbons (Fsp3) is 0.304. The van der Waals surface area contributed by atoms with Crippen molar-refractivity contribution in [2.75, 3.05) is 13.7 Å². The molecule has 0 unspecified atom stereocenters. The molecule has 5 nitrogen and oxygen atoms in total. The number of furan rings is 1. The highest BCUT2D eigenvalue weighted by Crippen LogP contribution is 2.29. The molecular weight excluding hydrogens is 356 g/mol. The number of esters is 1. The summed E-state index contributed by atoms with van der Waals surface area (Å²) in [7, 11) is 1.58. The van der Waals surface area contributed by atoms with Crippen LogP contribution in [0.15, 0.2) is 46.9 Å². The van der Waals surface area contributed by atoms with Crippen LogP contribution >= 0.6 is 0 Å². The molecule has 0 aliphatic rings. The highest BCUT2D eigenvalue weighted by atomic mass is 16.5. The molecule has 146 valence electrons.